The maximum atomic E-state index is 6.43. The monoisotopic (exact) mass is 719 g/mol. The number of allylic oxidation sites excluding steroid dienone is 1. The van der Waals surface area contributed by atoms with Crippen LogP contribution in [0.4, 0.5) is 0 Å². The fourth-order valence-corrected chi connectivity index (χ4v) is 7.53. The van der Waals surface area contributed by atoms with Gasteiger partial charge in [0.15, 0.2) is 17.5 Å². The number of hydrogen-bond donors (Lipinski definition) is 0. The highest BCUT2D eigenvalue weighted by atomic mass is 16.3. The van der Waals surface area contributed by atoms with Crippen molar-refractivity contribution in [2.45, 2.75) is 0 Å². The van der Waals surface area contributed by atoms with Gasteiger partial charge in [-0.3, -0.25) is 4.57 Å². The summed E-state index contributed by atoms with van der Waals surface area (Å²) >= 11 is 0. The summed E-state index contributed by atoms with van der Waals surface area (Å²) in [5.74, 6) is 2.62. The molecule has 0 saturated heterocycles. The summed E-state index contributed by atoms with van der Waals surface area (Å²) < 4.78 is 8.61. The third-order valence-corrected chi connectivity index (χ3v) is 10.2. The van der Waals surface area contributed by atoms with Crippen molar-refractivity contribution in [1.82, 2.24) is 24.5 Å². The van der Waals surface area contributed by atoms with Crippen molar-refractivity contribution in [3.8, 4) is 62.4 Å². The number of nitrogens with zero attached hydrogens (tertiary/aromatic N) is 5. The minimum Gasteiger partial charge on any atom is -0.456 e. The van der Waals surface area contributed by atoms with Gasteiger partial charge in [-0.1, -0.05) is 159 Å². The molecule has 10 aromatic rings. The number of fused-ring (bicyclic) bond motifs is 4. The van der Waals surface area contributed by atoms with Crippen molar-refractivity contribution in [2.75, 3.05) is 0 Å². The molecule has 0 radical (unpaired) electrons. The Kier molecular flexibility index (Phi) is 8.00. The van der Waals surface area contributed by atoms with Crippen LogP contribution in [0, 0.1) is 0 Å². The molecular weight excluding hydrogens is 687 g/mol. The Morgan fingerprint density at radius 2 is 1.12 bits per heavy atom. The largest absolute Gasteiger partial charge is 0.456 e. The van der Waals surface area contributed by atoms with Crippen LogP contribution < -0.4 is 10.7 Å². The summed E-state index contributed by atoms with van der Waals surface area (Å²) in [7, 11) is 0. The quantitative estimate of drug-likeness (QED) is 0.164. The van der Waals surface area contributed by atoms with Crippen LogP contribution in [0.5, 0.6) is 0 Å². The topological polar surface area (TPSA) is 69.6 Å². The van der Waals surface area contributed by atoms with Crippen LogP contribution in [-0.4, -0.2) is 24.5 Å². The molecule has 0 unspecified atom stereocenters. The van der Waals surface area contributed by atoms with Gasteiger partial charge in [0.25, 0.3) is 0 Å². The van der Waals surface area contributed by atoms with Crippen LogP contribution in [0.3, 0.4) is 0 Å². The lowest BCUT2D eigenvalue weighted by molar-refractivity contribution is 0.669. The van der Waals surface area contributed by atoms with Crippen molar-refractivity contribution in [3.63, 3.8) is 0 Å². The Hall–Kier alpha value is -7.70. The van der Waals surface area contributed by atoms with Gasteiger partial charge in [0.05, 0.1) is 16.4 Å². The molecule has 264 valence electrons. The second-order valence-electron chi connectivity index (χ2n) is 13.6. The summed E-state index contributed by atoms with van der Waals surface area (Å²) in [6, 6.07) is 55.7. The summed E-state index contributed by atoms with van der Waals surface area (Å²) in [6.07, 6.45) is 3.75. The summed E-state index contributed by atoms with van der Waals surface area (Å²) in [5.41, 5.74) is 8.42. The number of hydrogen-bond acceptors (Lipinski definition) is 5. The Balaban J connectivity index is 1.09. The smallest absolute Gasteiger partial charge is 0.164 e. The van der Waals surface area contributed by atoms with Crippen molar-refractivity contribution in [2.24, 2.45) is 0 Å². The fourth-order valence-electron chi connectivity index (χ4n) is 7.53. The highest BCUT2D eigenvalue weighted by molar-refractivity contribution is 6.12. The van der Waals surface area contributed by atoms with Gasteiger partial charge in [-0.2, -0.15) is 0 Å². The second kappa shape index (κ2) is 13.6. The third kappa shape index (κ3) is 5.68. The molecule has 10 rings (SSSR count). The number of rotatable bonds is 7. The van der Waals surface area contributed by atoms with E-state index in [9.17, 15) is 0 Å². The van der Waals surface area contributed by atoms with E-state index < -0.39 is 0 Å². The molecule has 0 bridgehead atoms. The van der Waals surface area contributed by atoms with Crippen molar-refractivity contribution in [1.29, 1.82) is 0 Å². The minimum absolute atomic E-state index is 0.584. The molecule has 0 aliphatic carbocycles. The molecule has 7 aromatic carbocycles. The van der Waals surface area contributed by atoms with Crippen LogP contribution in [0.2, 0.25) is 0 Å². The molecule has 3 heterocycles. The zero-order valence-electron chi connectivity index (χ0n) is 30.3. The zero-order chi connectivity index (χ0) is 37.6. The van der Waals surface area contributed by atoms with Crippen LogP contribution in [0.25, 0.3) is 108 Å². The highest BCUT2D eigenvalue weighted by Gasteiger charge is 2.19. The minimum atomic E-state index is 0.584. The van der Waals surface area contributed by atoms with Gasteiger partial charge in [0, 0.05) is 38.4 Å². The van der Waals surface area contributed by atoms with Crippen LogP contribution in [-0.2, 0) is 0 Å². The van der Waals surface area contributed by atoms with Gasteiger partial charge >= 0.3 is 0 Å². The Labute approximate surface area is 322 Å². The Morgan fingerprint density at radius 3 is 1.86 bits per heavy atom. The number of benzene rings is 7. The third-order valence-electron chi connectivity index (χ3n) is 10.2. The summed E-state index contributed by atoms with van der Waals surface area (Å²) in [4.78, 5) is 20.0. The summed E-state index contributed by atoms with van der Waals surface area (Å²) in [6.45, 7) is 8.27. The van der Waals surface area contributed by atoms with Crippen LogP contribution >= 0.6 is 0 Å². The van der Waals surface area contributed by atoms with E-state index in [0.717, 1.165) is 83.0 Å². The van der Waals surface area contributed by atoms with Gasteiger partial charge in [0.1, 0.15) is 17.0 Å². The van der Waals surface area contributed by atoms with Gasteiger partial charge in [-0.15, -0.1) is 0 Å². The standard InChI is InChI=1S/C50H33N5O/c1-3-14-42-32(2)51-50(55(42)43-23-12-20-34-15-10-11-21-39(34)43)37-27-25-33(26-28-37)38-29-30-44-41(31-38)46-40(22-13-24-45(46)56-44)49-53-47(35-16-6-4-7-17-35)52-48(54-49)36-18-8-5-9-19-36/h3-31H,1-2H2/b42-14+. The average Bonchev–Trinajstić information content (AvgIpc) is 3.80. The molecular formula is C50H33N5O. The predicted octanol–water partition coefficient (Wildman–Crippen LogP) is 10.8. The number of aromatic nitrogens is 5. The maximum Gasteiger partial charge on any atom is 0.164 e. The van der Waals surface area contributed by atoms with Crippen molar-refractivity contribution >= 4 is 45.4 Å². The van der Waals surface area contributed by atoms with E-state index in [1.165, 1.54) is 0 Å². The molecule has 0 spiro atoms. The van der Waals surface area contributed by atoms with Gasteiger partial charge in [-0.05, 0) is 46.9 Å². The molecule has 3 aromatic heterocycles. The van der Waals surface area contributed by atoms with Gasteiger partial charge < -0.3 is 4.42 Å². The van der Waals surface area contributed by atoms with E-state index in [1.807, 2.05) is 84.9 Å². The predicted molar refractivity (Wildman–Crippen MR) is 228 cm³/mol. The molecule has 0 atom stereocenters. The normalized spacial score (nSPS) is 11.8. The van der Waals surface area contributed by atoms with Gasteiger partial charge in [0.2, 0.25) is 0 Å². The maximum absolute atomic E-state index is 6.43. The lowest BCUT2D eigenvalue weighted by Gasteiger charge is -2.13. The molecule has 6 heteroatoms. The SMILES string of the molecule is C=C/C=c1\c(=C)nc(-c2ccc(-c3ccc4oc5cccc(-c6nc(-c7ccccc7)nc(-c7ccccc7)n6)c5c4c3)cc2)n1-c1cccc2ccccc12. The molecule has 0 saturated carbocycles. The first-order valence-electron chi connectivity index (χ1n) is 18.4. The number of imidazole rings is 1. The Morgan fingerprint density at radius 1 is 0.500 bits per heavy atom. The molecule has 0 N–H and O–H groups in total. The first-order valence-corrected chi connectivity index (χ1v) is 18.4. The lowest BCUT2D eigenvalue weighted by atomic mass is 9.99. The molecule has 56 heavy (non-hydrogen) atoms. The summed E-state index contributed by atoms with van der Waals surface area (Å²) in [5, 5.41) is 5.82. The van der Waals surface area contributed by atoms with E-state index in [-0.39, 0.29) is 0 Å². The van der Waals surface area contributed by atoms with E-state index in [4.69, 9.17) is 24.4 Å². The molecule has 0 aliphatic heterocycles. The molecule has 0 aliphatic rings. The van der Waals surface area contributed by atoms with Crippen molar-refractivity contribution < 1.29 is 4.42 Å². The van der Waals surface area contributed by atoms with E-state index in [1.54, 1.807) is 6.08 Å². The van der Waals surface area contributed by atoms with Gasteiger partial charge in [-0.25, -0.2) is 19.9 Å². The average molecular weight is 720 g/mol. The highest BCUT2D eigenvalue weighted by Crippen LogP contribution is 2.39. The van der Waals surface area contributed by atoms with E-state index >= 15 is 0 Å². The molecule has 0 amide bonds. The second-order valence-corrected chi connectivity index (χ2v) is 13.6. The lowest BCUT2D eigenvalue weighted by Crippen LogP contribution is -2.28. The fraction of sp³-hybridized carbons (Fsp3) is 0. The van der Waals surface area contributed by atoms with E-state index in [0.29, 0.717) is 22.8 Å². The number of furan rings is 1. The van der Waals surface area contributed by atoms with Crippen LogP contribution in [0.1, 0.15) is 0 Å². The van der Waals surface area contributed by atoms with E-state index in [2.05, 4.69) is 103 Å². The van der Waals surface area contributed by atoms with Crippen molar-refractivity contribution in [3.05, 3.63) is 187 Å². The molecule has 6 nitrogen and oxygen atoms in total. The first-order chi connectivity index (χ1) is 27.6. The zero-order valence-corrected chi connectivity index (χ0v) is 30.3. The first kappa shape index (κ1) is 32.9. The Bertz CT molecular complexity index is 3160. The molecule has 0 fully saturated rings. The van der Waals surface area contributed by atoms with Crippen LogP contribution in [0.15, 0.2) is 181 Å².